The number of nitrogens with one attached hydrogen (secondary N) is 1. The van der Waals surface area contributed by atoms with Crippen LogP contribution in [0, 0.1) is 0 Å². The average Bonchev–Trinajstić information content (AvgIpc) is 2.71. The molecule has 0 aromatic heterocycles. The van der Waals surface area contributed by atoms with Crippen LogP contribution in [-0.2, 0) is 9.59 Å². The molecule has 1 N–H and O–H groups in total. The summed E-state index contributed by atoms with van der Waals surface area (Å²) in [5, 5.41) is 2.19. The van der Waals surface area contributed by atoms with E-state index < -0.39 is 17.8 Å². The van der Waals surface area contributed by atoms with Crippen LogP contribution in [-0.4, -0.2) is 31.6 Å². The Morgan fingerprint density at radius 3 is 2.25 bits per heavy atom. The molecule has 0 saturated carbocycles. The summed E-state index contributed by atoms with van der Waals surface area (Å²) >= 11 is 0. The number of barbiturate groups is 1. The van der Waals surface area contributed by atoms with Crippen molar-refractivity contribution in [2.24, 2.45) is 0 Å². The molecule has 2 aromatic rings. The summed E-state index contributed by atoms with van der Waals surface area (Å²) in [6.45, 7) is 3.95. The molecule has 1 aliphatic heterocycles. The van der Waals surface area contributed by atoms with E-state index in [-0.39, 0.29) is 5.57 Å². The third-order valence-electron chi connectivity index (χ3n) is 3.99. The highest BCUT2D eigenvalue weighted by Crippen LogP contribution is 2.24. The van der Waals surface area contributed by atoms with Gasteiger partial charge in [0, 0.05) is 0 Å². The monoisotopic (exact) mass is 378 g/mol. The lowest BCUT2D eigenvalue weighted by atomic mass is 10.1. The van der Waals surface area contributed by atoms with Gasteiger partial charge in [-0.3, -0.25) is 14.9 Å². The Labute approximate surface area is 161 Å². The number of nitrogens with zero attached hydrogens (tertiary/aromatic N) is 1. The minimum Gasteiger partial charge on any atom is -0.497 e. The van der Waals surface area contributed by atoms with Gasteiger partial charge in [-0.15, -0.1) is 0 Å². The predicted octanol–water partition coefficient (Wildman–Crippen LogP) is 2.93. The molecule has 0 unspecified atom stereocenters. The molecule has 2 aromatic carbocycles. The van der Waals surface area contributed by atoms with E-state index in [0.717, 1.165) is 4.90 Å². The topological polar surface area (TPSA) is 84.9 Å². The first-order chi connectivity index (χ1) is 13.5. The number of hydrogen-bond donors (Lipinski definition) is 1. The quantitative estimate of drug-likeness (QED) is 0.475. The van der Waals surface area contributed by atoms with Crippen molar-refractivity contribution in [2.75, 3.05) is 18.6 Å². The van der Waals surface area contributed by atoms with Gasteiger partial charge in [-0.1, -0.05) is 24.8 Å². The zero-order chi connectivity index (χ0) is 20.1. The van der Waals surface area contributed by atoms with Gasteiger partial charge >= 0.3 is 6.03 Å². The summed E-state index contributed by atoms with van der Waals surface area (Å²) in [5.41, 5.74) is 0.804. The molecule has 4 amide bonds. The van der Waals surface area contributed by atoms with Crippen molar-refractivity contribution in [1.29, 1.82) is 0 Å². The van der Waals surface area contributed by atoms with Gasteiger partial charge in [-0.2, -0.15) is 0 Å². The van der Waals surface area contributed by atoms with Crippen LogP contribution in [0.25, 0.3) is 6.08 Å². The second kappa shape index (κ2) is 8.22. The molecule has 0 aliphatic carbocycles. The average molecular weight is 378 g/mol. The van der Waals surface area contributed by atoms with Crippen LogP contribution in [0.5, 0.6) is 11.5 Å². The second-order valence-electron chi connectivity index (χ2n) is 5.82. The van der Waals surface area contributed by atoms with Crippen LogP contribution < -0.4 is 19.7 Å². The van der Waals surface area contributed by atoms with E-state index in [0.29, 0.717) is 29.4 Å². The molecule has 1 aliphatic rings. The first-order valence-corrected chi connectivity index (χ1v) is 8.42. The first-order valence-electron chi connectivity index (χ1n) is 8.42. The standard InChI is InChI=1S/C21H18N2O5/c1-3-12-28-17-8-4-14(5-9-17)13-18-19(24)22-21(26)23(20(18)25)15-6-10-16(27-2)11-7-15/h3-11,13H,1,12H2,2H3,(H,22,24,26)/b18-13+. The fourth-order valence-electron chi connectivity index (χ4n) is 2.61. The fraction of sp³-hybridized carbons (Fsp3) is 0.0952. The van der Waals surface area contributed by atoms with E-state index in [1.54, 1.807) is 54.6 Å². The summed E-state index contributed by atoms with van der Waals surface area (Å²) in [5.74, 6) is -0.228. The Hall–Kier alpha value is -3.87. The highest BCUT2D eigenvalue weighted by atomic mass is 16.5. The molecule has 1 heterocycles. The minimum absolute atomic E-state index is 0.143. The lowest BCUT2D eigenvalue weighted by Crippen LogP contribution is -2.54. The highest BCUT2D eigenvalue weighted by Gasteiger charge is 2.36. The van der Waals surface area contributed by atoms with Crippen LogP contribution in [0.1, 0.15) is 5.56 Å². The summed E-state index contributed by atoms with van der Waals surface area (Å²) in [7, 11) is 1.51. The maximum absolute atomic E-state index is 12.8. The molecule has 7 heteroatoms. The summed E-state index contributed by atoms with van der Waals surface area (Å²) in [6, 6.07) is 12.4. The third kappa shape index (κ3) is 3.93. The molecule has 0 bridgehead atoms. The molecule has 7 nitrogen and oxygen atoms in total. The van der Waals surface area contributed by atoms with E-state index >= 15 is 0 Å². The summed E-state index contributed by atoms with van der Waals surface area (Å²) < 4.78 is 10.5. The van der Waals surface area contributed by atoms with Crippen molar-refractivity contribution < 1.29 is 23.9 Å². The van der Waals surface area contributed by atoms with Gasteiger partial charge in [0.2, 0.25) is 0 Å². The molecular weight excluding hydrogens is 360 g/mol. The van der Waals surface area contributed by atoms with Crippen molar-refractivity contribution in [2.45, 2.75) is 0 Å². The van der Waals surface area contributed by atoms with Gasteiger partial charge in [0.1, 0.15) is 23.7 Å². The zero-order valence-corrected chi connectivity index (χ0v) is 15.2. The highest BCUT2D eigenvalue weighted by molar-refractivity contribution is 6.39. The molecular formula is C21H18N2O5. The summed E-state index contributed by atoms with van der Waals surface area (Å²) in [4.78, 5) is 38.1. The number of benzene rings is 2. The normalized spacial score (nSPS) is 15.4. The van der Waals surface area contributed by atoms with Crippen LogP contribution in [0.15, 0.2) is 66.8 Å². The number of methoxy groups -OCH3 is 1. The molecule has 0 spiro atoms. The smallest absolute Gasteiger partial charge is 0.335 e. The lowest BCUT2D eigenvalue weighted by Gasteiger charge is -2.26. The first kappa shape index (κ1) is 18.9. The zero-order valence-electron chi connectivity index (χ0n) is 15.2. The number of urea groups is 1. The van der Waals surface area contributed by atoms with Gasteiger partial charge in [-0.05, 0) is 48.0 Å². The molecule has 142 valence electrons. The van der Waals surface area contributed by atoms with E-state index in [4.69, 9.17) is 9.47 Å². The SMILES string of the molecule is C=CCOc1ccc(/C=C2\C(=O)NC(=O)N(c3ccc(OC)cc3)C2=O)cc1. The van der Waals surface area contributed by atoms with Crippen molar-refractivity contribution in [3.63, 3.8) is 0 Å². The van der Waals surface area contributed by atoms with Gasteiger partial charge in [0.15, 0.2) is 0 Å². The number of hydrogen-bond acceptors (Lipinski definition) is 5. The Bertz CT molecular complexity index is 946. The molecule has 1 saturated heterocycles. The molecule has 3 rings (SSSR count). The Morgan fingerprint density at radius 1 is 1.00 bits per heavy atom. The van der Waals surface area contributed by atoms with Crippen molar-refractivity contribution in [3.8, 4) is 11.5 Å². The number of rotatable bonds is 6. The molecule has 1 fully saturated rings. The Morgan fingerprint density at radius 2 is 1.64 bits per heavy atom. The number of carbonyl (C=O) groups is 3. The third-order valence-corrected chi connectivity index (χ3v) is 3.99. The van der Waals surface area contributed by atoms with Crippen LogP contribution in [0.4, 0.5) is 10.5 Å². The predicted molar refractivity (Wildman–Crippen MR) is 104 cm³/mol. The largest absolute Gasteiger partial charge is 0.497 e. The number of anilines is 1. The van der Waals surface area contributed by atoms with E-state index in [2.05, 4.69) is 11.9 Å². The van der Waals surface area contributed by atoms with Crippen molar-refractivity contribution >= 4 is 29.6 Å². The van der Waals surface area contributed by atoms with Gasteiger partial charge in [0.05, 0.1) is 12.8 Å². The van der Waals surface area contributed by atoms with Crippen LogP contribution in [0.3, 0.4) is 0 Å². The molecule has 0 radical (unpaired) electrons. The minimum atomic E-state index is -0.800. The van der Waals surface area contributed by atoms with Crippen molar-refractivity contribution in [3.05, 3.63) is 72.3 Å². The van der Waals surface area contributed by atoms with E-state index in [9.17, 15) is 14.4 Å². The number of carbonyl (C=O) groups excluding carboxylic acids is 3. The van der Waals surface area contributed by atoms with Gasteiger partial charge in [0.25, 0.3) is 11.8 Å². The second-order valence-corrected chi connectivity index (χ2v) is 5.82. The Balaban J connectivity index is 1.88. The summed E-state index contributed by atoms with van der Waals surface area (Å²) in [6.07, 6.45) is 3.06. The maximum Gasteiger partial charge on any atom is 0.335 e. The number of amides is 4. The molecule has 28 heavy (non-hydrogen) atoms. The van der Waals surface area contributed by atoms with Crippen LogP contribution in [0.2, 0.25) is 0 Å². The maximum atomic E-state index is 12.8. The fourth-order valence-corrected chi connectivity index (χ4v) is 2.61. The molecule has 0 atom stereocenters. The van der Waals surface area contributed by atoms with Gasteiger partial charge in [-0.25, -0.2) is 9.69 Å². The number of imide groups is 2. The Kier molecular flexibility index (Phi) is 5.55. The van der Waals surface area contributed by atoms with Gasteiger partial charge < -0.3 is 9.47 Å². The number of ether oxygens (including phenoxy) is 2. The van der Waals surface area contributed by atoms with Crippen molar-refractivity contribution in [1.82, 2.24) is 5.32 Å². The van der Waals surface area contributed by atoms with E-state index in [1.165, 1.54) is 13.2 Å². The van der Waals surface area contributed by atoms with Crippen LogP contribution >= 0.6 is 0 Å². The van der Waals surface area contributed by atoms with E-state index in [1.807, 2.05) is 0 Å². The lowest BCUT2D eigenvalue weighted by molar-refractivity contribution is -0.122.